The summed E-state index contributed by atoms with van der Waals surface area (Å²) in [7, 11) is 1.65. The van der Waals surface area contributed by atoms with Crippen LogP contribution in [0.4, 0.5) is 0 Å². The van der Waals surface area contributed by atoms with Crippen molar-refractivity contribution in [1.82, 2.24) is 15.5 Å². The highest BCUT2D eigenvalue weighted by molar-refractivity contribution is 5.93. The Hall–Kier alpha value is -1.36. The molecule has 1 aromatic rings. The third-order valence-electron chi connectivity index (χ3n) is 1.82. The van der Waals surface area contributed by atoms with Crippen LogP contribution in [-0.2, 0) is 4.74 Å². The second-order valence-electron chi connectivity index (χ2n) is 3.26. The molecule has 1 aromatic heterocycles. The molecule has 5 heteroatoms. The minimum Gasteiger partial charge on any atom is -0.384 e. The van der Waals surface area contributed by atoms with E-state index in [2.05, 4.69) is 15.5 Å². The fourth-order valence-corrected chi connectivity index (χ4v) is 1.09. The molecule has 1 amide bonds. The number of methoxy groups -OCH3 is 1. The minimum atomic E-state index is -0.110. The highest BCUT2D eigenvalue weighted by Crippen LogP contribution is 1.96. The maximum absolute atomic E-state index is 11.4. The third kappa shape index (κ3) is 3.18. The zero-order valence-electron chi connectivity index (χ0n) is 8.41. The zero-order valence-corrected chi connectivity index (χ0v) is 8.41. The molecule has 1 rings (SSSR count). The zero-order chi connectivity index (χ0) is 10.4. The smallest absolute Gasteiger partial charge is 0.254 e. The average molecular weight is 197 g/mol. The normalized spacial score (nSPS) is 12.4. The van der Waals surface area contributed by atoms with Gasteiger partial charge in [0.15, 0.2) is 0 Å². The molecule has 0 spiro atoms. The largest absolute Gasteiger partial charge is 0.384 e. The number of rotatable bonds is 5. The van der Waals surface area contributed by atoms with Crippen molar-refractivity contribution in [3.05, 3.63) is 18.0 Å². The number of ether oxygens (including phenoxy) is 1. The number of hydrogen-bond acceptors (Lipinski definition) is 3. The Labute approximate surface area is 82.8 Å². The lowest BCUT2D eigenvalue weighted by Gasteiger charge is -2.10. The summed E-state index contributed by atoms with van der Waals surface area (Å²) in [6.07, 6.45) is 3.06. The van der Waals surface area contributed by atoms with E-state index >= 15 is 0 Å². The van der Waals surface area contributed by atoms with Crippen LogP contribution in [0.3, 0.4) is 0 Å². The van der Waals surface area contributed by atoms with E-state index in [1.165, 1.54) is 6.20 Å². The van der Waals surface area contributed by atoms with Crippen LogP contribution in [0.2, 0.25) is 0 Å². The number of aromatic nitrogens is 2. The Balaban J connectivity index is 2.28. The molecule has 1 unspecified atom stereocenters. The van der Waals surface area contributed by atoms with E-state index in [4.69, 9.17) is 4.74 Å². The van der Waals surface area contributed by atoms with Crippen molar-refractivity contribution in [1.29, 1.82) is 0 Å². The summed E-state index contributed by atoms with van der Waals surface area (Å²) >= 11 is 0. The van der Waals surface area contributed by atoms with Gasteiger partial charge >= 0.3 is 0 Å². The highest BCUT2D eigenvalue weighted by Gasteiger charge is 2.07. The lowest BCUT2D eigenvalue weighted by molar-refractivity contribution is 0.0934. The summed E-state index contributed by atoms with van der Waals surface area (Å²) in [5.41, 5.74) is 0.551. The van der Waals surface area contributed by atoms with Crippen LogP contribution in [0.1, 0.15) is 17.3 Å². The first-order valence-electron chi connectivity index (χ1n) is 4.50. The molecule has 1 atom stereocenters. The summed E-state index contributed by atoms with van der Waals surface area (Å²) in [4.78, 5) is 11.4. The molecule has 78 valence electrons. The van der Waals surface area contributed by atoms with Gasteiger partial charge in [-0.3, -0.25) is 9.89 Å². The van der Waals surface area contributed by atoms with Crippen molar-refractivity contribution >= 4 is 5.91 Å². The van der Waals surface area contributed by atoms with Crippen molar-refractivity contribution in [3.63, 3.8) is 0 Å². The number of hydrogen-bond donors (Lipinski definition) is 2. The third-order valence-corrected chi connectivity index (χ3v) is 1.82. The molecule has 14 heavy (non-hydrogen) atoms. The molecule has 2 N–H and O–H groups in total. The van der Waals surface area contributed by atoms with E-state index < -0.39 is 0 Å². The van der Waals surface area contributed by atoms with Crippen molar-refractivity contribution in [2.24, 2.45) is 5.92 Å². The van der Waals surface area contributed by atoms with Crippen molar-refractivity contribution in [2.75, 3.05) is 20.3 Å². The van der Waals surface area contributed by atoms with Gasteiger partial charge in [-0.25, -0.2) is 0 Å². The number of carbonyl (C=O) groups excluding carboxylic acids is 1. The van der Waals surface area contributed by atoms with E-state index in [0.717, 1.165) is 0 Å². The Morgan fingerprint density at radius 2 is 2.57 bits per heavy atom. The van der Waals surface area contributed by atoms with Gasteiger partial charge in [-0.15, -0.1) is 0 Å². The van der Waals surface area contributed by atoms with Crippen LogP contribution in [0.5, 0.6) is 0 Å². The van der Waals surface area contributed by atoms with Gasteiger partial charge in [0.05, 0.1) is 18.4 Å². The van der Waals surface area contributed by atoms with Crippen molar-refractivity contribution < 1.29 is 9.53 Å². The fraction of sp³-hybridized carbons (Fsp3) is 0.556. The van der Waals surface area contributed by atoms with Crippen molar-refractivity contribution in [3.8, 4) is 0 Å². The first kappa shape index (κ1) is 10.7. The van der Waals surface area contributed by atoms with Crippen LogP contribution in [-0.4, -0.2) is 36.4 Å². The summed E-state index contributed by atoms with van der Waals surface area (Å²) in [5.74, 6) is 0.206. The van der Waals surface area contributed by atoms with Gasteiger partial charge in [0.2, 0.25) is 0 Å². The summed E-state index contributed by atoms with van der Waals surface area (Å²) < 4.78 is 4.96. The second-order valence-corrected chi connectivity index (χ2v) is 3.26. The standard InChI is InChI=1S/C9H15N3O2/c1-7(6-14-2)3-10-9(13)8-4-11-12-5-8/h4-5,7H,3,6H2,1-2H3,(H,10,13)(H,11,12). The van der Waals surface area contributed by atoms with E-state index in [1.54, 1.807) is 13.3 Å². The van der Waals surface area contributed by atoms with Crippen molar-refractivity contribution in [2.45, 2.75) is 6.92 Å². The molecule has 5 nitrogen and oxygen atoms in total. The van der Waals surface area contributed by atoms with E-state index in [1.807, 2.05) is 6.92 Å². The number of H-pyrrole nitrogens is 1. The van der Waals surface area contributed by atoms with Crippen LogP contribution in [0, 0.1) is 5.92 Å². The van der Waals surface area contributed by atoms with Crippen LogP contribution in [0.25, 0.3) is 0 Å². The van der Waals surface area contributed by atoms with Crippen LogP contribution < -0.4 is 5.32 Å². The Morgan fingerprint density at radius 1 is 1.79 bits per heavy atom. The quantitative estimate of drug-likeness (QED) is 0.719. The van der Waals surface area contributed by atoms with Gasteiger partial charge in [0.1, 0.15) is 0 Å². The molecule has 0 saturated carbocycles. The molecule has 0 radical (unpaired) electrons. The molecule has 0 aromatic carbocycles. The minimum absolute atomic E-state index is 0.110. The van der Waals surface area contributed by atoms with Gasteiger partial charge in [0, 0.05) is 19.9 Å². The van der Waals surface area contributed by atoms with Gasteiger partial charge in [0.25, 0.3) is 5.91 Å². The SMILES string of the molecule is COCC(C)CNC(=O)c1cn[nH]c1. The molecular formula is C9H15N3O2. The van der Waals surface area contributed by atoms with Crippen LogP contribution >= 0.6 is 0 Å². The lowest BCUT2D eigenvalue weighted by atomic mass is 10.2. The maximum atomic E-state index is 11.4. The molecule has 1 heterocycles. The Morgan fingerprint density at radius 3 is 3.14 bits per heavy atom. The Kier molecular flexibility index (Phi) is 4.12. The van der Waals surface area contributed by atoms with Crippen LogP contribution in [0.15, 0.2) is 12.4 Å². The predicted octanol–water partition coefficient (Wildman–Crippen LogP) is 0.422. The first-order chi connectivity index (χ1) is 6.74. The molecule has 0 bridgehead atoms. The number of amides is 1. The second kappa shape index (κ2) is 5.39. The highest BCUT2D eigenvalue weighted by atomic mass is 16.5. The van der Waals surface area contributed by atoms with Gasteiger partial charge in [-0.05, 0) is 5.92 Å². The van der Waals surface area contributed by atoms with E-state index in [0.29, 0.717) is 24.6 Å². The van der Waals surface area contributed by atoms with Gasteiger partial charge in [-0.1, -0.05) is 6.92 Å². The van der Waals surface area contributed by atoms with E-state index in [9.17, 15) is 4.79 Å². The maximum Gasteiger partial charge on any atom is 0.254 e. The average Bonchev–Trinajstić information content (AvgIpc) is 2.67. The summed E-state index contributed by atoms with van der Waals surface area (Å²) in [6, 6.07) is 0. The fourth-order valence-electron chi connectivity index (χ4n) is 1.09. The van der Waals surface area contributed by atoms with Gasteiger partial charge < -0.3 is 10.1 Å². The molecule has 0 aliphatic heterocycles. The molecule has 0 fully saturated rings. The molecule has 0 aliphatic rings. The topological polar surface area (TPSA) is 67.0 Å². The summed E-state index contributed by atoms with van der Waals surface area (Å²) in [5, 5.41) is 9.07. The molecular weight excluding hydrogens is 182 g/mol. The van der Waals surface area contributed by atoms with E-state index in [-0.39, 0.29) is 5.91 Å². The molecule has 0 aliphatic carbocycles. The predicted molar refractivity (Wildman–Crippen MR) is 52.0 cm³/mol. The monoisotopic (exact) mass is 197 g/mol. The Bertz CT molecular complexity index is 272. The number of nitrogens with zero attached hydrogens (tertiary/aromatic N) is 1. The molecule has 0 saturated heterocycles. The summed E-state index contributed by atoms with van der Waals surface area (Å²) in [6.45, 7) is 3.27. The van der Waals surface area contributed by atoms with Gasteiger partial charge in [-0.2, -0.15) is 5.10 Å². The number of carbonyl (C=O) groups is 1. The number of aromatic amines is 1. The number of nitrogens with one attached hydrogen (secondary N) is 2. The lowest BCUT2D eigenvalue weighted by Crippen LogP contribution is -2.29. The first-order valence-corrected chi connectivity index (χ1v) is 4.50.